The summed E-state index contributed by atoms with van der Waals surface area (Å²) in [5.41, 5.74) is 2.21. The lowest BCUT2D eigenvalue weighted by Gasteiger charge is -2.21. The van der Waals surface area contributed by atoms with Gasteiger partial charge in [0.25, 0.3) is 0 Å². The van der Waals surface area contributed by atoms with Crippen LogP contribution in [0.5, 0.6) is 0 Å². The smallest absolute Gasteiger partial charge is 0.196 e. The molecule has 1 aliphatic carbocycles. The Hall–Kier alpha value is -2.84. The molecule has 2 N–H and O–H groups in total. The second kappa shape index (κ2) is 6.40. The van der Waals surface area contributed by atoms with Gasteiger partial charge < -0.3 is 10.6 Å². The number of hydrogen-bond acceptors (Lipinski definition) is 5. The third kappa shape index (κ3) is 3.17. The highest BCUT2D eigenvalue weighted by Crippen LogP contribution is 2.31. The average Bonchev–Trinajstić information content (AvgIpc) is 2.97. The first-order valence-electron chi connectivity index (χ1n) is 8.14. The van der Waals surface area contributed by atoms with E-state index < -0.39 is 9.84 Å². The molecule has 0 aromatic heterocycles. The van der Waals surface area contributed by atoms with Crippen LogP contribution in [0.15, 0.2) is 54.2 Å². The minimum atomic E-state index is -3.12. The summed E-state index contributed by atoms with van der Waals surface area (Å²) in [7, 11) is -3.12. The Balaban J connectivity index is 1.64. The van der Waals surface area contributed by atoms with E-state index in [9.17, 15) is 18.0 Å². The molecule has 27 heavy (non-hydrogen) atoms. The lowest BCUT2D eigenvalue weighted by molar-refractivity contribution is 0.0979. The molecular formula is C19H14N2O4S2. The highest BCUT2D eigenvalue weighted by molar-refractivity contribution is 7.92. The number of thiocarbonyl (C=S) groups is 1. The Labute approximate surface area is 161 Å². The SMILES string of the molecule is O=C1c2ccccc2C(=O)c2c(NC(=S)NC3=CCS(=O)(=O)C3)cccc21. The Morgan fingerprint density at radius 3 is 2.22 bits per heavy atom. The monoisotopic (exact) mass is 398 g/mol. The molecule has 0 unspecified atom stereocenters. The normalized spacial score (nSPS) is 17.0. The van der Waals surface area contributed by atoms with Gasteiger partial charge in [-0.05, 0) is 24.4 Å². The molecular weight excluding hydrogens is 384 g/mol. The zero-order chi connectivity index (χ0) is 19.2. The largest absolute Gasteiger partial charge is 0.335 e. The van der Waals surface area contributed by atoms with Crippen LogP contribution in [-0.4, -0.2) is 36.6 Å². The molecule has 0 atom stereocenters. The van der Waals surface area contributed by atoms with Crippen LogP contribution in [0.4, 0.5) is 5.69 Å². The summed E-state index contributed by atoms with van der Waals surface area (Å²) < 4.78 is 23.1. The van der Waals surface area contributed by atoms with Gasteiger partial charge in [0.15, 0.2) is 26.5 Å². The molecule has 1 aliphatic heterocycles. The molecule has 2 aliphatic rings. The van der Waals surface area contributed by atoms with E-state index in [-0.39, 0.29) is 33.7 Å². The van der Waals surface area contributed by atoms with Crippen LogP contribution >= 0.6 is 12.2 Å². The third-order valence-electron chi connectivity index (χ3n) is 4.43. The number of benzene rings is 2. The zero-order valence-electron chi connectivity index (χ0n) is 14.0. The van der Waals surface area contributed by atoms with E-state index in [0.29, 0.717) is 28.1 Å². The van der Waals surface area contributed by atoms with E-state index in [1.54, 1.807) is 48.5 Å². The molecule has 2 aromatic carbocycles. The summed E-state index contributed by atoms with van der Waals surface area (Å²) in [5, 5.41) is 5.92. The van der Waals surface area contributed by atoms with Crippen molar-refractivity contribution in [2.24, 2.45) is 0 Å². The van der Waals surface area contributed by atoms with E-state index in [1.165, 1.54) is 0 Å². The second-order valence-electron chi connectivity index (χ2n) is 6.30. The zero-order valence-corrected chi connectivity index (χ0v) is 15.6. The van der Waals surface area contributed by atoms with Crippen LogP contribution in [0, 0.1) is 0 Å². The quantitative estimate of drug-likeness (QED) is 0.639. The van der Waals surface area contributed by atoms with Gasteiger partial charge in [-0.15, -0.1) is 0 Å². The molecule has 8 heteroatoms. The number of fused-ring (bicyclic) bond motifs is 2. The summed E-state index contributed by atoms with van der Waals surface area (Å²) in [6, 6.07) is 11.6. The topological polar surface area (TPSA) is 92.3 Å². The van der Waals surface area contributed by atoms with Gasteiger partial charge in [0.05, 0.1) is 22.8 Å². The van der Waals surface area contributed by atoms with Gasteiger partial charge in [-0.1, -0.05) is 36.4 Å². The van der Waals surface area contributed by atoms with Crippen LogP contribution in [0.25, 0.3) is 0 Å². The Kier molecular flexibility index (Phi) is 4.16. The first-order chi connectivity index (χ1) is 12.9. The van der Waals surface area contributed by atoms with Crippen LogP contribution < -0.4 is 10.6 Å². The molecule has 0 saturated heterocycles. The number of carbonyl (C=O) groups excluding carboxylic acids is 2. The van der Waals surface area contributed by atoms with E-state index >= 15 is 0 Å². The first kappa shape index (κ1) is 17.6. The van der Waals surface area contributed by atoms with Gasteiger partial charge in [-0.2, -0.15) is 0 Å². The second-order valence-corrected chi connectivity index (χ2v) is 8.81. The standard InChI is InChI=1S/C19H14N2O4S2/c22-17-12-4-1-2-5-13(12)18(23)16-14(17)6-3-7-15(16)21-19(26)20-11-8-9-27(24,25)10-11/h1-8H,9-10H2,(H2,20,21,26). The summed E-state index contributed by atoms with van der Waals surface area (Å²) in [6.45, 7) is 0. The number of rotatable bonds is 2. The average molecular weight is 398 g/mol. The van der Waals surface area contributed by atoms with Crippen LogP contribution in [0.3, 0.4) is 0 Å². The van der Waals surface area contributed by atoms with E-state index in [0.717, 1.165) is 0 Å². The first-order valence-corrected chi connectivity index (χ1v) is 10.4. The molecule has 0 fully saturated rings. The van der Waals surface area contributed by atoms with Crippen molar-refractivity contribution in [1.29, 1.82) is 0 Å². The number of carbonyl (C=O) groups is 2. The fraction of sp³-hybridized carbons (Fsp3) is 0.105. The molecule has 1 heterocycles. The van der Waals surface area contributed by atoms with Crippen molar-refractivity contribution < 1.29 is 18.0 Å². The maximum Gasteiger partial charge on any atom is 0.196 e. The molecule has 0 spiro atoms. The lowest BCUT2D eigenvalue weighted by Crippen LogP contribution is -2.31. The van der Waals surface area contributed by atoms with Crippen molar-refractivity contribution in [3.05, 3.63) is 76.5 Å². The fourth-order valence-electron chi connectivity index (χ4n) is 3.22. The number of anilines is 1. The van der Waals surface area contributed by atoms with Gasteiger partial charge in [-0.25, -0.2) is 8.42 Å². The number of nitrogens with one attached hydrogen (secondary N) is 2. The predicted octanol–water partition coefficient (Wildman–Crippen LogP) is 2.06. The Morgan fingerprint density at radius 2 is 1.56 bits per heavy atom. The molecule has 4 rings (SSSR count). The maximum absolute atomic E-state index is 12.9. The Morgan fingerprint density at radius 1 is 0.889 bits per heavy atom. The summed E-state index contributed by atoms with van der Waals surface area (Å²) in [4.78, 5) is 25.7. The summed E-state index contributed by atoms with van der Waals surface area (Å²) in [5.74, 6) is -0.601. The number of hydrogen-bond donors (Lipinski definition) is 2. The fourth-order valence-corrected chi connectivity index (χ4v) is 4.70. The van der Waals surface area contributed by atoms with Crippen molar-refractivity contribution >= 4 is 44.4 Å². The Bertz CT molecular complexity index is 1150. The van der Waals surface area contributed by atoms with Gasteiger partial charge in [0, 0.05) is 22.4 Å². The van der Waals surface area contributed by atoms with Crippen molar-refractivity contribution in [3.63, 3.8) is 0 Å². The minimum absolute atomic E-state index is 0.0253. The van der Waals surface area contributed by atoms with Gasteiger partial charge in [-0.3, -0.25) is 9.59 Å². The predicted molar refractivity (Wildman–Crippen MR) is 106 cm³/mol. The molecule has 0 radical (unpaired) electrons. The molecule has 0 saturated carbocycles. The lowest BCUT2D eigenvalue weighted by atomic mass is 9.83. The van der Waals surface area contributed by atoms with Crippen LogP contribution in [-0.2, 0) is 9.84 Å². The van der Waals surface area contributed by atoms with E-state index in [4.69, 9.17) is 12.2 Å². The van der Waals surface area contributed by atoms with Gasteiger partial charge >= 0.3 is 0 Å². The third-order valence-corrected chi connectivity index (χ3v) is 6.06. The summed E-state index contributed by atoms with van der Waals surface area (Å²) >= 11 is 5.24. The molecule has 6 nitrogen and oxygen atoms in total. The van der Waals surface area contributed by atoms with Crippen LogP contribution in [0.2, 0.25) is 0 Å². The van der Waals surface area contributed by atoms with Crippen molar-refractivity contribution in [3.8, 4) is 0 Å². The molecule has 0 bridgehead atoms. The number of sulfone groups is 1. The highest BCUT2D eigenvalue weighted by atomic mass is 32.2. The van der Waals surface area contributed by atoms with Crippen molar-refractivity contribution in [2.75, 3.05) is 16.8 Å². The molecule has 0 amide bonds. The van der Waals surface area contributed by atoms with E-state index in [2.05, 4.69) is 10.6 Å². The van der Waals surface area contributed by atoms with Crippen molar-refractivity contribution in [1.82, 2.24) is 5.32 Å². The molecule has 136 valence electrons. The van der Waals surface area contributed by atoms with Crippen molar-refractivity contribution in [2.45, 2.75) is 0 Å². The minimum Gasteiger partial charge on any atom is -0.335 e. The number of ketones is 2. The summed E-state index contributed by atoms with van der Waals surface area (Å²) in [6.07, 6.45) is 1.56. The highest BCUT2D eigenvalue weighted by Gasteiger charge is 2.31. The van der Waals surface area contributed by atoms with Gasteiger partial charge in [0.1, 0.15) is 0 Å². The maximum atomic E-state index is 12.9. The van der Waals surface area contributed by atoms with Crippen LogP contribution in [0.1, 0.15) is 31.8 Å². The molecule has 2 aromatic rings. The van der Waals surface area contributed by atoms with E-state index in [1.807, 2.05) is 0 Å². The van der Waals surface area contributed by atoms with Gasteiger partial charge in [0.2, 0.25) is 0 Å².